The summed E-state index contributed by atoms with van der Waals surface area (Å²) in [7, 11) is 3.77. The molecule has 0 saturated carbocycles. The van der Waals surface area contributed by atoms with E-state index >= 15 is 0 Å². The number of nitrogens with zero attached hydrogens (tertiary/aromatic N) is 1. The molecule has 4 nitrogen and oxygen atoms in total. The average Bonchev–Trinajstić information content (AvgIpc) is 3.21. The van der Waals surface area contributed by atoms with E-state index in [1.165, 1.54) is 12.1 Å². The first-order valence-electron chi connectivity index (χ1n) is 9.02. The zero-order valence-corrected chi connectivity index (χ0v) is 16.0. The number of alkyl halides is 3. The normalized spacial score (nSPS) is 12.8. The highest BCUT2D eigenvalue weighted by atomic mass is 19.4. The predicted molar refractivity (Wildman–Crippen MR) is 104 cm³/mol. The first-order chi connectivity index (χ1) is 13.8. The van der Waals surface area contributed by atoms with Crippen LogP contribution in [0.2, 0.25) is 0 Å². The molecule has 1 heterocycles. The molecular weight excluding hydrogens is 381 g/mol. The van der Waals surface area contributed by atoms with Crippen molar-refractivity contribution in [3.05, 3.63) is 83.8 Å². The van der Waals surface area contributed by atoms with Crippen molar-refractivity contribution in [2.24, 2.45) is 0 Å². The summed E-state index contributed by atoms with van der Waals surface area (Å²) in [5.41, 5.74) is 0.775. The molecular formula is C22H21F3N2O2. The van der Waals surface area contributed by atoms with Crippen LogP contribution in [0, 0.1) is 0 Å². The summed E-state index contributed by atoms with van der Waals surface area (Å²) in [6, 6.07) is 15.1. The molecule has 0 fully saturated rings. The van der Waals surface area contributed by atoms with Crippen LogP contribution < -0.4 is 5.32 Å². The summed E-state index contributed by atoms with van der Waals surface area (Å²) >= 11 is 0. The van der Waals surface area contributed by atoms with Crippen molar-refractivity contribution >= 4 is 5.91 Å². The quantitative estimate of drug-likeness (QED) is 0.631. The van der Waals surface area contributed by atoms with E-state index in [2.05, 4.69) is 5.32 Å². The van der Waals surface area contributed by atoms with Crippen molar-refractivity contribution in [3.8, 4) is 11.1 Å². The SMILES string of the molecule is CN(C)C(CNC(=O)c1ccccc1-c1ccc(C(F)(F)F)cc1)c1ccco1. The molecule has 1 amide bonds. The molecule has 0 aliphatic carbocycles. The monoisotopic (exact) mass is 402 g/mol. The molecule has 0 spiro atoms. The Kier molecular flexibility index (Phi) is 6.08. The van der Waals surface area contributed by atoms with Gasteiger partial charge in [-0.25, -0.2) is 0 Å². The van der Waals surface area contributed by atoms with Crippen LogP contribution in [0.15, 0.2) is 71.3 Å². The number of halogens is 3. The molecule has 1 aromatic heterocycles. The Hall–Kier alpha value is -3.06. The second-order valence-corrected chi connectivity index (χ2v) is 6.83. The number of nitrogens with one attached hydrogen (secondary N) is 1. The lowest BCUT2D eigenvalue weighted by atomic mass is 9.98. The summed E-state index contributed by atoms with van der Waals surface area (Å²) in [6.07, 6.45) is -2.82. The molecule has 3 aromatic rings. The van der Waals surface area contributed by atoms with Crippen molar-refractivity contribution in [3.63, 3.8) is 0 Å². The van der Waals surface area contributed by atoms with Crippen LogP contribution in [0.5, 0.6) is 0 Å². The maximum Gasteiger partial charge on any atom is 0.416 e. The molecule has 0 bridgehead atoms. The Labute approximate surface area is 166 Å². The largest absolute Gasteiger partial charge is 0.468 e. The van der Waals surface area contributed by atoms with Gasteiger partial charge in [-0.15, -0.1) is 0 Å². The van der Waals surface area contributed by atoms with E-state index in [0.717, 1.165) is 17.9 Å². The number of carbonyl (C=O) groups is 1. The molecule has 7 heteroatoms. The van der Waals surface area contributed by atoms with Gasteiger partial charge in [0.25, 0.3) is 5.91 Å². The first-order valence-corrected chi connectivity index (χ1v) is 9.02. The van der Waals surface area contributed by atoms with Gasteiger partial charge < -0.3 is 9.73 Å². The average molecular weight is 402 g/mol. The van der Waals surface area contributed by atoms with E-state index < -0.39 is 11.7 Å². The van der Waals surface area contributed by atoms with Crippen molar-refractivity contribution in [2.45, 2.75) is 12.2 Å². The van der Waals surface area contributed by atoms with E-state index in [9.17, 15) is 18.0 Å². The summed E-state index contributed by atoms with van der Waals surface area (Å²) in [6.45, 7) is 0.320. The van der Waals surface area contributed by atoms with Gasteiger partial charge in [-0.1, -0.05) is 30.3 Å². The molecule has 152 valence electrons. The number of benzene rings is 2. The zero-order chi connectivity index (χ0) is 21.0. The fraction of sp³-hybridized carbons (Fsp3) is 0.227. The molecule has 1 N–H and O–H groups in total. The maximum atomic E-state index is 12.8. The molecule has 1 unspecified atom stereocenters. The van der Waals surface area contributed by atoms with Crippen LogP contribution in [0.4, 0.5) is 13.2 Å². The minimum atomic E-state index is -4.40. The van der Waals surface area contributed by atoms with Crippen LogP contribution in [-0.2, 0) is 6.18 Å². The summed E-state index contributed by atoms with van der Waals surface area (Å²) in [5, 5.41) is 2.89. The number of hydrogen-bond donors (Lipinski definition) is 1. The van der Waals surface area contributed by atoms with Gasteiger partial charge in [0, 0.05) is 12.1 Å². The topological polar surface area (TPSA) is 45.5 Å². The Morgan fingerprint density at radius 3 is 2.31 bits per heavy atom. The highest BCUT2D eigenvalue weighted by Crippen LogP contribution is 2.32. The molecule has 3 rings (SSSR count). The van der Waals surface area contributed by atoms with Crippen LogP contribution >= 0.6 is 0 Å². The van der Waals surface area contributed by atoms with Crippen molar-refractivity contribution in [1.82, 2.24) is 10.2 Å². The Morgan fingerprint density at radius 1 is 1.03 bits per heavy atom. The van der Waals surface area contributed by atoms with Crippen molar-refractivity contribution in [2.75, 3.05) is 20.6 Å². The predicted octanol–water partition coefficient (Wildman–Crippen LogP) is 5.00. The third-order valence-electron chi connectivity index (χ3n) is 4.65. The lowest BCUT2D eigenvalue weighted by Gasteiger charge is -2.23. The smallest absolute Gasteiger partial charge is 0.416 e. The third kappa shape index (κ3) is 4.86. The third-order valence-corrected chi connectivity index (χ3v) is 4.65. The molecule has 29 heavy (non-hydrogen) atoms. The second kappa shape index (κ2) is 8.53. The zero-order valence-electron chi connectivity index (χ0n) is 16.0. The van der Waals surface area contributed by atoms with Crippen LogP contribution in [0.3, 0.4) is 0 Å². The van der Waals surface area contributed by atoms with Gasteiger partial charge >= 0.3 is 6.18 Å². The van der Waals surface area contributed by atoms with Gasteiger partial charge in [-0.3, -0.25) is 9.69 Å². The standard InChI is InChI=1S/C22H21F3N2O2/c1-27(2)19(20-8-5-13-29-20)14-26-21(28)18-7-4-3-6-17(18)15-9-11-16(12-10-15)22(23,24)25/h3-13,19H,14H2,1-2H3,(H,26,28). The van der Waals surface area contributed by atoms with E-state index in [0.29, 0.717) is 23.2 Å². The highest BCUT2D eigenvalue weighted by molar-refractivity contribution is 6.00. The first kappa shape index (κ1) is 20.7. The van der Waals surface area contributed by atoms with E-state index in [1.807, 2.05) is 25.1 Å². The molecule has 0 aliphatic rings. The Balaban J connectivity index is 1.80. The Morgan fingerprint density at radius 2 is 1.72 bits per heavy atom. The minimum absolute atomic E-state index is 0.146. The van der Waals surface area contributed by atoms with Gasteiger partial charge in [0.1, 0.15) is 5.76 Å². The highest BCUT2D eigenvalue weighted by Gasteiger charge is 2.30. The number of rotatable bonds is 6. The molecule has 0 radical (unpaired) electrons. The van der Waals surface area contributed by atoms with Gasteiger partial charge in [0.2, 0.25) is 0 Å². The molecule has 2 aromatic carbocycles. The number of furan rings is 1. The van der Waals surface area contributed by atoms with Gasteiger partial charge in [-0.05, 0) is 55.6 Å². The fourth-order valence-corrected chi connectivity index (χ4v) is 3.07. The lowest BCUT2D eigenvalue weighted by Crippen LogP contribution is -2.34. The number of likely N-dealkylation sites (N-methyl/N-ethyl adjacent to an activating group) is 1. The summed E-state index contributed by atoms with van der Waals surface area (Å²) in [5.74, 6) is 0.422. The Bertz CT molecular complexity index is 949. The van der Waals surface area contributed by atoms with Crippen LogP contribution in [0.1, 0.15) is 27.7 Å². The maximum absolute atomic E-state index is 12.8. The summed E-state index contributed by atoms with van der Waals surface area (Å²) < 4.78 is 43.9. The summed E-state index contributed by atoms with van der Waals surface area (Å²) in [4.78, 5) is 14.8. The second-order valence-electron chi connectivity index (χ2n) is 6.83. The van der Waals surface area contributed by atoms with Gasteiger partial charge in [-0.2, -0.15) is 13.2 Å². The van der Waals surface area contributed by atoms with Crippen molar-refractivity contribution < 1.29 is 22.4 Å². The number of amides is 1. The van der Waals surface area contributed by atoms with E-state index in [1.54, 1.807) is 36.6 Å². The van der Waals surface area contributed by atoms with Crippen LogP contribution in [-0.4, -0.2) is 31.4 Å². The van der Waals surface area contributed by atoms with Crippen molar-refractivity contribution in [1.29, 1.82) is 0 Å². The van der Waals surface area contributed by atoms with E-state index in [4.69, 9.17) is 4.42 Å². The number of hydrogen-bond acceptors (Lipinski definition) is 3. The van der Waals surface area contributed by atoms with Gasteiger partial charge in [0.05, 0.1) is 17.9 Å². The molecule has 1 atom stereocenters. The fourth-order valence-electron chi connectivity index (χ4n) is 3.07. The van der Waals surface area contributed by atoms with E-state index in [-0.39, 0.29) is 11.9 Å². The molecule has 0 saturated heterocycles. The molecule has 0 aliphatic heterocycles. The minimum Gasteiger partial charge on any atom is -0.468 e. The lowest BCUT2D eigenvalue weighted by molar-refractivity contribution is -0.137. The van der Waals surface area contributed by atoms with Gasteiger partial charge in [0.15, 0.2) is 0 Å². The van der Waals surface area contributed by atoms with Crippen LogP contribution in [0.25, 0.3) is 11.1 Å². The number of carbonyl (C=O) groups excluding carboxylic acids is 1.